The Hall–Kier alpha value is -6.26. The molecule has 0 aliphatic carbocycles. The molecule has 8 rings (SSSR count). The van der Waals surface area contributed by atoms with Gasteiger partial charge >= 0.3 is 0 Å². The molecule has 4 heteroatoms. The van der Waals surface area contributed by atoms with Crippen LogP contribution < -0.4 is 0 Å². The number of imidazole rings is 1. The van der Waals surface area contributed by atoms with Gasteiger partial charge in [-0.05, 0) is 123 Å². The van der Waals surface area contributed by atoms with E-state index in [1.54, 1.807) is 24.3 Å². The van der Waals surface area contributed by atoms with E-state index in [-0.39, 0.29) is 27.8 Å². The zero-order chi connectivity index (χ0) is 57.2. The maximum absolute atomic E-state index is 12.6. The molecule has 0 radical (unpaired) electrons. The summed E-state index contributed by atoms with van der Waals surface area (Å²) >= 11 is 0. The van der Waals surface area contributed by atoms with Gasteiger partial charge in [-0.15, -0.1) is 0 Å². The van der Waals surface area contributed by atoms with Crippen LogP contribution in [0.2, 0.25) is 0 Å². The molecule has 0 aliphatic rings. The zero-order valence-electron chi connectivity index (χ0n) is 51.9. The number of fused-ring (bicyclic) bond motifs is 1. The molecular weight excluding hydrogens is 779 g/mol. The number of pyridine rings is 1. The predicted octanol–water partition coefficient (Wildman–Crippen LogP) is 16.3. The number of nitrogens with zero attached hydrogens (tertiary/aromatic N) is 3. The SMILES string of the molecule is [2H]c1nc(-c2cc(-c3cccc4c3nc(-c3cc(C(C)(C)C)cc(C(C)(C)C)c3O)n4-c3ccc(C([2H])([2H])[2H])cc3-c3ccc(C(C)(C)C)cc3)cc(C(C)(C)C)c2)c([2H])c(-c2c([2H])c([2H])c(C([2H])([2H])[2H])c([2H])c2[2H])c1[2H]. The van der Waals surface area contributed by atoms with Crippen LogP contribution in [0.15, 0.2) is 133 Å². The van der Waals surface area contributed by atoms with Gasteiger partial charge in [0.15, 0.2) is 0 Å². The molecule has 0 bridgehead atoms. The molecule has 2 aromatic heterocycles. The molecule has 0 atom stereocenters. The molecule has 0 unspecified atom stereocenters. The fourth-order valence-corrected chi connectivity index (χ4v) is 8.05. The lowest BCUT2D eigenvalue weighted by Crippen LogP contribution is -2.17. The molecule has 64 heavy (non-hydrogen) atoms. The molecule has 2 heterocycles. The number of rotatable bonds is 6. The predicted molar refractivity (Wildman–Crippen MR) is 272 cm³/mol. The number of aryl methyl sites for hydroxylation is 1. The summed E-state index contributed by atoms with van der Waals surface area (Å²) < 4.78 is 114. The molecule has 0 fully saturated rings. The van der Waals surface area contributed by atoms with Crippen molar-refractivity contribution >= 4 is 11.0 Å². The molecular formula is C60H65N3O. The first-order chi connectivity index (χ1) is 35.3. The lowest BCUT2D eigenvalue weighted by molar-refractivity contribution is 0.446. The Morgan fingerprint density at radius 3 is 1.83 bits per heavy atom. The Bertz CT molecular complexity index is 3640. The third-order valence-electron chi connectivity index (χ3n) is 11.9. The van der Waals surface area contributed by atoms with E-state index in [0.29, 0.717) is 55.9 Å². The van der Waals surface area contributed by atoms with Crippen LogP contribution >= 0.6 is 0 Å². The molecule has 0 amide bonds. The molecule has 8 aromatic rings. The van der Waals surface area contributed by atoms with Crippen LogP contribution in [0.1, 0.15) is 134 Å². The molecule has 0 saturated carbocycles. The summed E-state index contributed by atoms with van der Waals surface area (Å²) in [5.41, 5.74) is 5.51. The van der Waals surface area contributed by atoms with E-state index in [1.807, 2.05) is 101 Å². The van der Waals surface area contributed by atoms with E-state index in [1.165, 1.54) is 0 Å². The second-order valence-electron chi connectivity index (χ2n) is 20.9. The number of aromatic nitrogens is 3. The maximum Gasteiger partial charge on any atom is 0.149 e. The lowest BCUT2D eigenvalue weighted by atomic mass is 9.79. The Kier molecular flexibility index (Phi) is 7.72. The van der Waals surface area contributed by atoms with Crippen molar-refractivity contribution in [1.29, 1.82) is 0 Å². The Morgan fingerprint density at radius 1 is 0.531 bits per heavy atom. The number of aromatic hydroxyl groups is 1. The molecule has 326 valence electrons. The highest BCUT2D eigenvalue weighted by molar-refractivity contribution is 5.98. The highest BCUT2D eigenvalue weighted by Gasteiger charge is 2.30. The van der Waals surface area contributed by atoms with Crippen LogP contribution in [0.3, 0.4) is 0 Å². The minimum atomic E-state index is -2.99. The summed E-state index contributed by atoms with van der Waals surface area (Å²) in [6, 6.07) is 24.3. The average molecular weight is 857 g/mol. The van der Waals surface area contributed by atoms with Gasteiger partial charge in [-0.2, -0.15) is 0 Å². The van der Waals surface area contributed by atoms with Crippen molar-refractivity contribution in [3.63, 3.8) is 0 Å². The van der Waals surface area contributed by atoms with Gasteiger partial charge in [0.2, 0.25) is 0 Å². The number of hydrogen-bond acceptors (Lipinski definition) is 3. The van der Waals surface area contributed by atoms with Gasteiger partial charge in [0.1, 0.15) is 11.6 Å². The van der Waals surface area contributed by atoms with Crippen molar-refractivity contribution in [3.05, 3.63) is 167 Å². The number of hydrogen-bond donors (Lipinski definition) is 1. The van der Waals surface area contributed by atoms with Gasteiger partial charge in [0.25, 0.3) is 0 Å². The van der Waals surface area contributed by atoms with Crippen LogP contribution in [-0.4, -0.2) is 19.6 Å². The highest BCUT2D eigenvalue weighted by Crippen LogP contribution is 2.46. The van der Waals surface area contributed by atoms with Gasteiger partial charge in [-0.25, -0.2) is 4.98 Å². The minimum absolute atomic E-state index is 0.0412. The first kappa shape index (κ1) is 30.8. The molecule has 0 aliphatic heterocycles. The van der Waals surface area contributed by atoms with Crippen LogP contribution in [0, 0.1) is 13.7 Å². The summed E-state index contributed by atoms with van der Waals surface area (Å²) in [5.74, 6) is 0.427. The van der Waals surface area contributed by atoms with Crippen LogP contribution in [-0.2, 0) is 21.7 Å². The first-order valence-corrected chi connectivity index (χ1v) is 21.7. The lowest BCUT2D eigenvalue weighted by Gasteiger charge is -2.27. The largest absolute Gasteiger partial charge is 0.507 e. The second kappa shape index (κ2) is 16.1. The fourth-order valence-electron chi connectivity index (χ4n) is 8.05. The molecule has 6 aromatic carbocycles. The molecule has 4 nitrogen and oxygen atoms in total. The van der Waals surface area contributed by atoms with E-state index in [2.05, 4.69) is 58.7 Å². The third-order valence-corrected chi connectivity index (χ3v) is 11.9. The van der Waals surface area contributed by atoms with Gasteiger partial charge in [-0.3, -0.25) is 9.55 Å². The van der Waals surface area contributed by atoms with Gasteiger partial charge in [0.05, 0.1) is 37.6 Å². The minimum Gasteiger partial charge on any atom is -0.507 e. The van der Waals surface area contributed by atoms with Crippen molar-refractivity contribution < 1.29 is 22.9 Å². The summed E-state index contributed by atoms with van der Waals surface area (Å²) in [4.78, 5) is 9.97. The number of phenols is 1. The number of phenolic OH excluding ortho intramolecular Hbond substituents is 1. The molecule has 1 N–H and O–H groups in total. The van der Waals surface area contributed by atoms with Gasteiger partial charge < -0.3 is 5.11 Å². The molecule has 0 spiro atoms. The number of para-hydroxylation sites is 1. The van der Waals surface area contributed by atoms with Crippen molar-refractivity contribution in [3.8, 4) is 67.5 Å². The normalized spacial score (nSPS) is 15.9. The standard InChI is InChI=1S/C60H65N3O/c1-37-18-21-39(22-19-37)41-28-29-61-51(34-41)43-31-42(32-45(33-43)58(6,7)8)47-16-15-17-53-54(47)62-56(49-35-46(59(9,10)11)36-50(55(49)64)60(12,13)14)63(53)52-27-20-38(2)30-48(52)40-23-25-44(26-24-40)57(3,4)5/h15-36,64H,1-14H3/i1D3,2D3,18D,19D,21D,22D,28D,29D,34D. The Balaban J connectivity index is 1.49. The molecule has 0 saturated heterocycles. The van der Waals surface area contributed by atoms with E-state index in [4.69, 9.17) is 21.4 Å². The van der Waals surface area contributed by atoms with Crippen LogP contribution in [0.4, 0.5) is 0 Å². The van der Waals surface area contributed by atoms with Crippen LogP contribution in [0.5, 0.6) is 5.75 Å². The highest BCUT2D eigenvalue weighted by atomic mass is 16.3. The smallest absolute Gasteiger partial charge is 0.149 e. The third kappa shape index (κ3) is 8.68. The second-order valence-corrected chi connectivity index (χ2v) is 20.9. The van der Waals surface area contributed by atoms with Crippen LogP contribution in [0.25, 0.3) is 72.7 Å². The van der Waals surface area contributed by atoms with Crippen molar-refractivity contribution in [2.24, 2.45) is 0 Å². The van der Waals surface area contributed by atoms with E-state index >= 15 is 0 Å². The monoisotopic (exact) mass is 857 g/mol. The summed E-state index contributed by atoms with van der Waals surface area (Å²) in [6.07, 6.45) is -0.601. The Morgan fingerprint density at radius 2 is 1.19 bits per heavy atom. The summed E-state index contributed by atoms with van der Waals surface area (Å²) in [7, 11) is 0. The maximum atomic E-state index is 12.6. The van der Waals surface area contributed by atoms with Crippen molar-refractivity contribution in [1.82, 2.24) is 14.5 Å². The van der Waals surface area contributed by atoms with Crippen molar-refractivity contribution in [2.45, 2.75) is 118 Å². The quantitative estimate of drug-likeness (QED) is 0.181. The topological polar surface area (TPSA) is 50.9 Å². The zero-order valence-corrected chi connectivity index (χ0v) is 38.9. The van der Waals surface area contributed by atoms with E-state index < -0.39 is 83.7 Å². The Labute approximate surface area is 400 Å². The van der Waals surface area contributed by atoms with Crippen molar-refractivity contribution in [2.75, 3.05) is 0 Å². The van der Waals surface area contributed by atoms with E-state index in [9.17, 15) is 6.48 Å². The van der Waals surface area contributed by atoms with E-state index in [0.717, 1.165) is 22.3 Å². The first-order valence-electron chi connectivity index (χ1n) is 28.2. The van der Waals surface area contributed by atoms with Gasteiger partial charge in [0, 0.05) is 36.7 Å². The number of benzene rings is 6. The fraction of sp³-hybridized carbons (Fsp3) is 0.300. The summed E-state index contributed by atoms with van der Waals surface area (Å²) in [6.45, 7) is 19.5. The van der Waals surface area contributed by atoms with Gasteiger partial charge in [-0.1, -0.05) is 173 Å². The summed E-state index contributed by atoms with van der Waals surface area (Å²) in [5, 5.41) is 12.6. The average Bonchev–Trinajstić information content (AvgIpc) is 3.71.